The highest BCUT2D eigenvalue weighted by atomic mass is 19.4. The van der Waals surface area contributed by atoms with Crippen LogP contribution in [0.2, 0.25) is 0 Å². The Morgan fingerprint density at radius 3 is 2.49 bits per heavy atom. The lowest BCUT2D eigenvalue weighted by atomic mass is 9.83. The van der Waals surface area contributed by atoms with Crippen LogP contribution >= 0.6 is 0 Å². The van der Waals surface area contributed by atoms with Crippen LogP contribution in [-0.2, 0) is 17.5 Å². The first-order valence-electron chi connectivity index (χ1n) is 12.5. The Hall–Kier alpha value is -3.49. The number of fused-ring (bicyclic) bond motifs is 2. The molecule has 0 aromatic heterocycles. The number of rotatable bonds is 5. The van der Waals surface area contributed by atoms with Gasteiger partial charge in [-0.1, -0.05) is 26.0 Å². The molecule has 0 radical (unpaired) electrons. The fraction of sp³-hybridized carbons (Fsp3) is 0.429. The molecule has 0 saturated heterocycles. The van der Waals surface area contributed by atoms with Crippen LogP contribution in [0, 0.1) is 0 Å². The number of halogens is 3. The van der Waals surface area contributed by atoms with Crippen LogP contribution in [-0.4, -0.2) is 35.5 Å². The van der Waals surface area contributed by atoms with Crippen molar-refractivity contribution in [1.29, 1.82) is 0 Å². The summed E-state index contributed by atoms with van der Waals surface area (Å²) in [7, 11) is 1.70. The molecule has 2 aromatic rings. The first kappa shape index (κ1) is 26.6. The second-order valence-electron chi connectivity index (χ2n) is 9.94. The van der Waals surface area contributed by atoms with Crippen molar-refractivity contribution in [3.8, 4) is 5.75 Å². The SMILES string of the molecule is CCC1(CC)CC(=CC(=O)Nc2ccc3c(c2)N(C)C(=O)N(C(C)C)C3)c2ccc(C(F)(F)F)cc2O1. The Morgan fingerprint density at radius 1 is 1.16 bits per heavy atom. The van der Waals surface area contributed by atoms with Gasteiger partial charge in [0.2, 0.25) is 5.91 Å². The summed E-state index contributed by atoms with van der Waals surface area (Å²) < 4.78 is 46.1. The van der Waals surface area contributed by atoms with E-state index in [-0.39, 0.29) is 17.8 Å². The minimum absolute atomic E-state index is 0.0574. The molecular formula is C28H32F3N3O3. The van der Waals surface area contributed by atoms with Crippen molar-refractivity contribution in [2.24, 2.45) is 0 Å². The normalized spacial score (nSPS) is 18.0. The van der Waals surface area contributed by atoms with Gasteiger partial charge < -0.3 is 15.0 Å². The fourth-order valence-electron chi connectivity index (χ4n) is 4.91. The smallest absolute Gasteiger partial charge is 0.416 e. The van der Waals surface area contributed by atoms with E-state index in [1.54, 1.807) is 29.0 Å². The van der Waals surface area contributed by atoms with E-state index in [4.69, 9.17) is 4.74 Å². The highest BCUT2D eigenvalue weighted by Gasteiger charge is 2.38. The van der Waals surface area contributed by atoms with Crippen molar-refractivity contribution in [3.05, 3.63) is 59.2 Å². The minimum Gasteiger partial charge on any atom is -0.486 e. The Labute approximate surface area is 215 Å². The molecule has 1 N–H and O–H groups in total. The number of hydrogen-bond donors (Lipinski definition) is 1. The van der Waals surface area contributed by atoms with Crippen molar-refractivity contribution in [3.63, 3.8) is 0 Å². The Bertz CT molecular complexity index is 1250. The van der Waals surface area contributed by atoms with Crippen LogP contribution in [0.25, 0.3) is 5.57 Å². The van der Waals surface area contributed by atoms with Gasteiger partial charge in [-0.2, -0.15) is 13.2 Å². The number of alkyl halides is 3. The van der Waals surface area contributed by atoms with Crippen molar-refractivity contribution >= 4 is 28.9 Å². The largest absolute Gasteiger partial charge is 0.486 e. The van der Waals surface area contributed by atoms with Gasteiger partial charge in [0.05, 0.1) is 11.3 Å². The Kier molecular flexibility index (Phi) is 7.01. The lowest BCUT2D eigenvalue weighted by molar-refractivity contribution is -0.137. The molecule has 2 aliphatic rings. The molecule has 37 heavy (non-hydrogen) atoms. The zero-order valence-corrected chi connectivity index (χ0v) is 21.7. The standard InChI is InChI=1S/C28H32F3N3O3/c1-6-27(7-2)15-19(22-11-9-20(28(29,30)31)13-24(22)37-27)12-25(35)32-21-10-8-18-16-34(17(3)4)26(36)33(5)23(18)14-21/h8-14,17H,6-7,15-16H2,1-5H3,(H,32,35). The monoisotopic (exact) mass is 515 g/mol. The molecule has 3 amide bonds. The maximum absolute atomic E-state index is 13.3. The number of anilines is 2. The molecule has 4 rings (SSSR count). The van der Waals surface area contributed by atoms with E-state index in [1.165, 1.54) is 12.1 Å². The quantitative estimate of drug-likeness (QED) is 0.443. The van der Waals surface area contributed by atoms with E-state index in [1.807, 2.05) is 33.8 Å². The molecule has 2 aromatic carbocycles. The maximum atomic E-state index is 13.3. The molecule has 198 valence electrons. The summed E-state index contributed by atoms with van der Waals surface area (Å²) in [6.45, 7) is 8.25. The minimum atomic E-state index is -4.49. The zero-order chi connectivity index (χ0) is 27.1. The highest BCUT2D eigenvalue weighted by molar-refractivity contribution is 6.05. The van der Waals surface area contributed by atoms with Crippen molar-refractivity contribution < 1.29 is 27.5 Å². The lowest BCUT2D eigenvalue weighted by Gasteiger charge is -2.39. The molecule has 2 aliphatic heterocycles. The number of hydrogen-bond acceptors (Lipinski definition) is 3. The van der Waals surface area contributed by atoms with E-state index < -0.39 is 23.2 Å². The number of carbonyl (C=O) groups excluding carboxylic acids is 2. The second kappa shape index (κ2) is 9.76. The molecule has 0 atom stereocenters. The molecule has 0 bridgehead atoms. The van der Waals surface area contributed by atoms with Crippen LogP contribution in [0.1, 0.15) is 63.6 Å². The number of amides is 3. The topological polar surface area (TPSA) is 61.9 Å². The van der Waals surface area contributed by atoms with Gasteiger partial charge in [-0.3, -0.25) is 9.69 Å². The molecule has 6 nitrogen and oxygen atoms in total. The summed E-state index contributed by atoms with van der Waals surface area (Å²) in [6, 6.07) is 8.77. The molecular weight excluding hydrogens is 483 g/mol. The third-order valence-electron chi connectivity index (χ3n) is 7.30. The van der Waals surface area contributed by atoms with Crippen LogP contribution < -0.4 is 15.0 Å². The van der Waals surface area contributed by atoms with Crippen LogP contribution in [0.5, 0.6) is 5.75 Å². The van der Waals surface area contributed by atoms with Gasteiger partial charge >= 0.3 is 12.2 Å². The average molecular weight is 516 g/mol. The van der Waals surface area contributed by atoms with Crippen LogP contribution in [0.3, 0.4) is 0 Å². The average Bonchev–Trinajstić information content (AvgIpc) is 2.85. The first-order chi connectivity index (χ1) is 17.4. The molecule has 9 heteroatoms. The van der Waals surface area contributed by atoms with Gasteiger partial charge in [0, 0.05) is 43.4 Å². The molecule has 0 unspecified atom stereocenters. The van der Waals surface area contributed by atoms with Crippen molar-refractivity contribution in [1.82, 2.24) is 4.90 Å². The molecule has 0 spiro atoms. The van der Waals surface area contributed by atoms with Gasteiger partial charge in [0.25, 0.3) is 0 Å². The van der Waals surface area contributed by atoms with Gasteiger partial charge in [0.15, 0.2) is 0 Å². The lowest BCUT2D eigenvalue weighted by Crippen LogP contribution is -2.48. The molecule has 0 saturated carbocycles. The third kappa shape index (κ3) is 5.17. The summed E-state index contributed by atoms with van der Waals surface area (Å²) in [4.78, 5) is 29.1. The fourth-order valence-corrected chi connectivity index (χ4v) is 4.91. The first-order valence-corrected chi connectivity index (χ1v) is 12.5. The number of benzene rings is 2. The summed E-state index contributed by atoms with van der Waals surface area (Å²) in [5, 5.41) is 2.85. The zero-order valence-electron chi connectivity index (χ0n) is 21.7. The predicted octanol–water partition coefficient (Wildman–Crippen LogP) is 6.85. The van der Waals surface area contributed by atoms with E-state index in [0.29, 0.717) is 42.6 Å². The maximum Gasteiger partial charge on any atom is 0.416 e. The molecule has 0 fully saturated rings. The van der Waals surface area contributed by atoms with Gasteiger partial charge in [0.1, 0.15) is 11.4 Å². The summed E-state index contributed by atoms with van der Waals surface area (Å²) >= 11 is 0. The number of nitrogens with one attached hydrogen (secondary N) is 1. The van der Waals surface area contributed by atoms with Crippen LogP contribution in [0.4, 0.5) is 29.3 Å². The van der Waals surface area contributed by atoms with E-state index in [0.717, 1.165) is 23.4 Å². The predicted molar refractivity (Wildman–Crippen MR) is 138 cm³/mol. The number of nitrogens with zero attached hydrogens (tertiary/aromatic N) is 2. The Balaban J connectivity index is 1.63. The second-order valence-corrected chi connectivity index (χ2v) is 9.94. The molecule has 0 aliphatic carbocycles. The summed E-state index contributed by atoms with van der Waals surface area (Å²) in [6.07, 6.45) is -1.50. The number of ether oxygens (including phenoxy) is 1. The highest BCUT2D eigenvalue weighted by Crippen LogP contribution is 2.45. The van der Waals surface area contributed by atoms with E-state index >= 15 is 0 Å². The van der Waals surface area contributed by atoms with Gasteiger partial charge in [-0.05, 0) is 62.1 Å². The summed E-state index contributed by atoms with van der Waals surface area (Å²) in [5.41, 5.74) is 1.83. The summed E-state index contributed by atoms with van der Waals surface area (Å²) in [5.74, 6) is -0.273. The number of urea groups is 1. The molecule has 2 heterocycles. The van der Waals surface area contributed by atoms with Crippen LogP contribution in [0.15, 0.2) is 42.5 Å². The van der Waals surface area contributed by atoms with Crippen molar-refractivity contribution in [2.75, 3.05) is 17.3 Å². The van der Waals surface area contributed by atoms with Gasteiger partial charge in [-0.15, -0.1) is 0 Å². The van der Waals surface area contributed by atoms with E-state index in [2.05, 4.69) is 5.32 Å². The van der Waals surface area contributed by atoms with E-state index in [9.17, 15) is 22.8 Å². The van der Waals surface area contributed by atoms with Crippen molar-refractivity contribution in [2.45, 2.75) is 71.3 Å². The third-order valence-corrected chi connectivity index (χ3v) is 7.30. The number of carbonyl (C=O) groups is 2. The van der Waals surface area contributed by atoms with Gasteiger partial charge in [-0.25, -0.2) is 4.79 Å². The Morgan fingerprint density at radius 2 is 1.86 bits per heavy atom.